The highest BCUT2D eigenvalue weighted by atomic mass is 16.5. The third-order valence-corrected chi connectivity index (χ3v) is 4.01. The van der Waals surface area contributed by atoms with E-state index in [4.69, 9.17) is 9.47 Å². The van der Waals surface area contributed by atoms with E-state index >= 15 is 0 Å². The Bertz CT molecular complexity index is 715. The zero-order valence-electron chi connectivity index (χ0n) is 15.9. The number of urea groups is 1. The maximum atomic E-state index is 12.5. The molecule has 0 bridgehead atoms. The molecule has 0 radical (unpaired) electrons. The predicted molar refractivity (Wildman–Crippen MR) is 102 cm³/mol. The molecule has 2 amide bonds. The summed E-state index contributed by atoms with van der Waals surface area (Å²) in [4.78, 5) is 25.6. The number of methoxy groups -OCH3 is 1. The van der Waals surface area contributed by atoms with Crippen LogP contribution in [0.5, 0.6) is 0 Å². The summed E-state index contributed by atoms with van der Waals surface area (Å²) in [7, 11) is 1.59. The number of hydrogen-bond acceptors (Lipinski definition) is 4. The van der Waals surface area contributed by atoms with Crippen LogP contribution in [0.1, 0.15) is 18.2 Å². The average molecular weight is 373 g/mol. The number of benzene rings is 1. The van der Waals surface area contributed by atoms with Gasteiger partial charge in [-0.3, -0.25) is 4.79 Å². The van der Waals surface area contributed by atoms with Crippen molar-refractivity contribution < 1.29 is 19.1 Å². The summed E-state index contributed by atoms with van der Waals surface area (Å²) in [5.41, 5.74) is 2.19. The van der Waals surface area contributed by atoms with Crippen molar-refractivity contribution in [2.45, 2.75) is 20.0 Å². The highest BCUT2D eigenvalue weighted by molar-refractivity contribution is 5.80. The number of carbonyl (C=O) groups is 2. The van der Waals surface area contributed by atoms with Gasteiger partial charge in [0.2, 0.25) is 0 Å². The van der Waals surface area contributed by atoms with Gasteiger partial charge < -0.3 is 24.3 Å². The minimum Gasteiger partial charge on any atom is -0.465 e. The second kappa shape index (κ2) is 11.0. The van der Waals surface area contributed by atoms with Crippen LogP contribution in [0.2, 0.25) is 0 Å². The van der Waals surface area contributed by atoms with Gasteiger partial charge in [0.05, 0.1) is 19.8 Å². The van der Waals surface area contributed by atoms with Crippen molar-refractivity contribution in [2.24, 2.45) is 0 Å². The standard InChI is InChI=1S/C20H27N3O4/c1-3-27-19(24)14-21-20(25)23(12-13-26-2)16-18-10-7-11-22(18)15-17-8-5-4-6-9-17/h4-11H,3,12-16H2,1-2H3,(H,21,25). The molecular formula is C20H27N3O4. The van der Waals surface area contributed by atoms with Gasteiger partial charge in [-0.05, 0) is 24.6 Å². The lowest BCUT2D eigenvalue weighted by molar-refractivity contribution is -0.141. The average Bonchev–Trinajstić information content (AvgIpc) is 3.11. The summed E-state index contributed by atoms with van der Waals surface area (Å²) < 4.78 is 12.1. The molecule has 27 heavy (non-hydrogen) atoms. The minimum atomic E-state index is -0.454. The number of aromatic nitrogens is 1. The molecule has 2 aromatic rings. The van der Waals surface area contributed by atoms with Gasteiger partial charge >= 0.3 is 12.0 Å². The highest BCUT2D eigenvalue weighted by Crippen LogP contribution is 2.11. The molecule has 0 spiro atoms. The smallest absolute Gasteiger partial charge is 0.325 e. The van der Waals surface area contributed by atoms with Crippen LogP contribution in [-0.2, 0) is 27.4 Å². The van der Waals surface area contributed by atoms with Crippen LogP contribution in [-0.4, -0.2) is 54.9 Å². The highest BCUT2D eigenvalue weighted by Gasteiger charge is 2.16. The molecule has 0 saturated carbocycles. The summed E-state index contributed by atoms with van der Waals surface area (Å²) >= 11 is 0. The zero-order chi connectivity index (χ0) is 19.5. The van der Waals surface area contributed by atoms with Gasteiger partial charge in [-0.25, -0.2) is 4.79 Å². The minimum absolute atomic E-state index is 0.152. The molecule has 0 aliphatic heterocycles. The van der Waals surface area contributed by atoms with Gasteiger partial charge in [0.1, 0.15) is 6.54 Å². The topological polar surface area (TPSA) is 72.8 Å². The van der Waals surface area contributed by atoms with E-state index in [1.807, 2.05) is 36.5 Å². The van der Waals surface area contributed by atoms with Crippen molar-refractivity contribution in [3.63, 3.8) is 0 Å². The molecule has 0 fully saturated rings. The summed E-state index contributed by atoms with van der Waals surface area (Å²) in [5, 5.41) is 2.61. The number of hydrogen-bond donors (Lipinski definition) is 1. The Morgan fingerprint density at radius 1 is 1.15 bits per heavy atom. The Morgan fingerprint density at radius 2 is 1.93 bits per heavy atom. The normalized spacial score (nSPS) is 10.4. The molecule has 1 heterocycles. The molecule has 146 valence electrons. The van der Waals surface area contributed by atoms with Gasteiger partial charge in [0.25, 0.3) is 0 Å². The molecule has 0 unspecified atom stereocenters. The monoisotopic (exact) mass is 373 g/mol. The van der Waals surface area contributed by atoms with E-state index in [1.165, 1.54) is 5.56 Å². The van der Waals surface area contributed by atoms with Crippen LogP contribution in [0, 0.1) is 0 Å². The van der Waals surface area contributed by atoms with E-state index in [2.05, 4.69) is 22.0 Å². The molecule has 0 aliphatic rings. The van der Waals surface area contributed by atoms with Crippen LogP contribution in [0.3, 0.4) is 0 Å². The molecule has 0 aliphatic carbocycles. The largest absolute Gasteiger partial charge is 0.465 e. The van der Waals surface area contributed by atoms with Crippen LogP contribution in [0.25, 0.3) is 0 Å². The second-order valence-corrected chi connectivity index (χ2v) is 5.99. The van der Waals surface area contributed by atoms with E-state index in [1.54, 1.807) is 18.9 Å². The van der Waals surface area contributed by atoms with E-state index in [0.717, 1.165) is 12.2 Å². The number of carbonyl (C=O) groups excluding carboxylic acids is 2. The van der Waals surface area contributed by atoms with Crippen molar-refractivity contribution >= 4 is 12.0 Å². The Morgan fingerprint density at radius 3 is 2.63 bits per heavy atom. The Balaban J connectivity index is 2.02. The second-order valence-electron chi connectivity index (χ2n) is 5.99. The number of ether oxygens (including phenoxy) is 2. The van der Waals surface area contributed by atoms with Crippen LogP contribution in [0.15, 0.2) is 48.7 Å². The molecule has 7 nitrogen and oxygen atoms in total. The summed E-state index contributed by atoms with van der Waals surface area (Å²) in [6, 6.07) is 13.8. The third kappa shape index (κ3) is 6.79. The number of nitrogens with zero attached hydrogens (tertiary/aromatic N) is 2. The van der Waals surface area contributed by atoms with Crippen LogP contribution >= 0.6 is 0 Å². The number of esters is 1. The van der Waals surface area contributed by atoms with Crippen LogP contribution < -0.4 is 5.32 Å². The fourth-order valence-corrected chi connectivity index (χ4v) is 2.65. The van der Waals surface area contributed by atoms with Gasteiger partial charge in [0, 0.05) is 32.1 Å². The molecule has 1 aromatic heterocycles. The van der Waals surface area contributed by atoms with Crippen molar-refractivity contribution in [1.82, 2.24) is 14.8 Å². The first-order valence-corrected chi connectivity index (χ1v) is 8.99. The SMILES string of the molecule is CCOC(=O)CNC(=O)N(CCOC)Cc1cccn1Cc1ccccc1. The lowest BCUT2D eigenvalue weighted by atomic mass is 10.2. The van der Waals surface area contributed by atoms with E-state index < -0.39 is 5.97 Å². The van der Waals surface area contributed by atoms with E-state index in [-0.39, 0.29) is 19.2 Å². The lowest BCUT2D eigenvalue weighted by Crippen LogP contribution is -2.43. The molecule has 1 N–H and O–H groups in total. The van der Waals surface area contributed by atoms with E-state index in [0.29, 0.717) is 19.7 Å². The van der Waals surface area contributed by atoms with Crippen molar-refractivity contribution in [2.75, 3.05) is 33.4 Å². The van der Waals surface area contributed by atoms with Gasteiger partial charge in [-0.15, -0.1) is 0 Å². The molecule has 2 rings (SSSR count). The van der Waals surface area contributed by atoms with Gasteiger partial charge in [-0.1, -0.05) is 30.3 Å². The van der Waals surface area contributed by atoms with Crippen molar-refractivity contribution in [3.8, 4) is 0 Å². The van der Waals surface area contributed by atoms with Gasteiger partial charge in [-0.2, -0.15) is 0 Å². The third-order valence-electron chi connectivity index (χ3n) is 4.01. The predicted octanol–water partition coefficient (Wildman–Crippen LogP) is 2.26. The maximum Gasteiger partial charge on any atom is 0.325 e. The first-order valence-electron chi connectivity index (χ1n) is 8.99. The molecule has 0 saturated heterocycles. The van der Waals surface area contributed by atoms with Crippen LogP contribution in [0.4, 0.5) is 4.79 Å². The Hall–Kier alpha value is -2.80. The first-order chi connectivity index (χ1) is 13.1. The summed E-state index contributed by atoms with van der Waals surface area (Å²) in [6.07, 6.45) is 1.99. The van der Waals surface area contributed by atoms with E-state index in [9.17, 15) is 9.59 Å². The molecule has 1 aromatic carbocycles. The fourth-order valence-electron chi connectivity index (χ4n) is 2.65. The number of rotatable bonds is 10. The van der Waals surface area contributed by atoms with Crippen molar-refractivity contribution in [3.05, 3.63) is 59.9 Å². The fraction of sp³-hybridized carbons (Fsp3) is 0.400. The quantitative estimate of drug-likeness (QED) is 0.649. The zero-order valence-corrected chi connectivity index (χ0v) is 15.9. The lowest BCUT2D eigenvalue weighted by Gasteiger charge is -2.23. The summed E-state index contributed by atoms with van der Waals surface area (Å²) in [6.45, 7) is 3.83. The van der Waals surface area contributed by atoms with Gasteiger partial charge in [0.15, 0.2) is 0 Å². The Kier molecular flexibility index (Phi) is 8.38. The number of nitrogens with one attached hydrogen (secondary N) is 1. The molecule has 0 atom stereocenters. The maximum absolute atomic E-state index is 12.5. The molecule has 7 heteroatoms. The Labute approximate surface area is 159 Å². The summed E-state index contributed by atoms with van der Waals surface area (Å²) in [5.74, 6) is -0.454. The molecular weight excluding hydrogens is 346 g/mol. The first kappa shape index (κ1) is 20.5. The van der Waals surface area contributed by atoms with Crippen molar-refractivity contribution in [1.29, 1.82) is 0 Å². The number of amides is 2.